The summed E-state index contributed by atoms with van der Waals surface area (Å²) >= 11 is 4.56. The first-order chi connectivity index (χ1) is 6.52. The number of nitrogens with two attached hydrogens (primary N) is 2. The number of hydrogen-bond donors (Lipinski definition) is 3. The van der Waals surface area contributed by atoms with Crippen LogP contribution in [0.5, 0.6) is 0 Å². The number of primary amides is 1. The average Bonchev–Trinajstić information content (AvgIpc) is 2.01. The van der Waals surface area contributed by atoms with Crippen LogP contribution in [0, 0.1) is 0 Å². The number of carbonyl (C=O) groups excluding carboxylic acids is 2. The highest BCUT2D eigenvalue weighted by atomic mass is 32.1. The zero-order valence-corrected chi connectivity index (χ0v) is 8.73. The second-order valence-corrected chi connectivity index (χ2v) is 3.44. The molecule has 0 rings (SSSR count). The summed E-state index contributed by atoms with van der Waals surface area (Å²) in [6, 6.07) is 0. The van der Waals surface area contributed by atoms with E-state index in [0.29, 0.717) is 19.4 Å². The van der Waals surface area contributed by atoms with Crippen molar-refractivity contribution in [3.05, 3.63) is 0 Å². The van der Waals surface area contributed by atoms with Crippen LogP contribution in [0.2, 0.25) is 0 Å². The molecule has 14 heavy (non-hydrogen) atoms. The smallest absolute Gasteiger partial charge is 0.226 e. The first-order valence-corrected chi connectivity index (χ1v) is 4.76. The van der Waals surface area contributed by atoms with E-state index in [-0.39, 0.29) is 23.2 Å². The highest BCUT2D eigenvalue weighted by Gasteiger charge is 2.01. The summed E-state index contributed by atoms with van der Waals surface area (Å²) in [5, 5.41) is 2.63. The molecule has 0 aliphatic heterocycles. The third kappa shape index (κ3) is 8.92. The van der Waals surface area contributed by atoms with Crippen molar-refractivity contribution in [2.75, 3.05) is 6.54 Å². The minimum absolute atomic E-state index is 0.0746. The Morgan fingerprint density at radius 3 is 2.36 bits per heavy atom. The fraction of sp³-hybridized carbons (Fsp3) is 0.625. The number of rotatable bonds is 7. The molecule has 0 aromatic carbocycles. The highest BCUT2D eigenvalue weighted by Crippen LogP contribution is 1.92. The standard InChI is InChI=1S/C8H15N3O2S/c9-6(12)3-1-2-4-11-8(13)5-7(10)14/h1-5H2,(H2,9,12)(H2,10,14)(H,11,13). The fourth-order valence-electron chi connectivity index (χ4n) is 0.873. The van der Waals surface area contributed by atoms with E-state index >= 15 is 0 Å². The monoisotopic (exact) mass is 217 g/mol. The summed E-state index contributed by atoms with van der Waals surface area (Å²) < 4.78 is 0. The second-order valence-electron chi connectivity index (χ2n) is 2.92. The first-order valence-electron chi connectivity index (χ1n) is 4.35. The molecule has 0 aliphatic carbocycles. The van der Waals surface area contributed by atoms with E-state index in [2.05, 4.69) is 17.5 Å². The number of unbranched alkanes of at least 4 members (excludes halogenated alkanes) is 1. The molecule has 2 amide bonds. The molecule has 0 aromatic heterocycles. The van der Waals surface area contributed by atoms with Gasteiger partial charge in [0.25, 0.3) is 0 Å². The third-order valence-corrected chi connectivity index (χ3v) is 1.65. The van der Waals surface area contributed by atoms with E-state index in [1.165, 1.54) is 0 Å². The summed E-state index contributed by atoms with van der Waals surface area (Å²) in [7, 11) is 0. The van der Waals surface area contributed by atoms with Crippen LogP contribution < -0.4 is 16.8 Å². The van der Waals surface area contributed by atoms with Crippen molar-refractivity contribution < 1.29 is 9.59 Å². The van der Waals surface area contributed by atoms with Gasteiger partial charge in [0.2, 0.25) is 11.8 Å². The largest absolute Gasteiger partial charge is 0.393 e. The Labute approximate surface area is 88.2 Å². The van der Waals surface area contributed by atoms with E-state index in [9.17, 15) is 9.59 Å². The zero-order chi connectivity index (χ0) is 11.0. The van der Waals surface area contributed by atoms with E-state index in [0.717, 1.165) is 6.42 Å². The van der Waals surface area contributed by atoms with Crippen LogP contribution in [0.1, 0.15) is 25.7 Å². The van der Waals surface area contributed by atoms with Crippen molar-refractivity contribution in [1.82, 2.24) is 5.32 Å². The van der Waals surface area contributed by atoms with E-state index < -0.39 is 0 Å². The molecular weight excluding hydrogens is 202 g/mol. The van der Waals surface area contributed by atoms with Gasteiger partial charge < -0.3 is 16.8 Å². The SMILES string of the molecule is NC(=O)CCCCNC(=O)CC(N)=S. The summed E-state index contributed by atoms with van der Waals surface area (Å²) in [5.74, 6) is -0.504. The Hall–Kier alpha value is -1.17. The minimum atomic E-state index is -0.320. The van der Waals surface area contributed by atoms with Crippen molar-refractivity contribution in [3.8, 4) is 0 Å². The average molecular weight is 217 g/mol. The second kappa shape index (κ2) is 7.25. The van der Waals surface area contributed by atoms with Gasteiger partial charge in [-0.15, -0.1) is 0 Å². The van der Waals surface area contributed by atoms with Gasteiger partial charge in [-0.25, -0.2) is 0 Å². The lowest BCUT2D eigenvalue weighted by Crippen LogP contribution is -2.28. The molecule has 0 radical (unpaired) electrons. The predicted octanol–water partition coefficient (Wildman–Crippen LogP) is -0.566. The van der Waals surface area contributed by atoms with Crippen LogP contribution >= 0.6 is 12.2 Å². The van der Waals surface area contributed by atoms with E-state index in [4.69, 9.17) is 11.5 Å². The van der Waals surface area contributed by atoms with Gasteiger partial charge in [0, 0.05) is 13.0 Å². The summed E-state index contributed by atoms with van der Waals surface area (Å²) in [5.41, 5.74) is 10.1. The maximum Gasteiger partial charge on any atom is 0.226 e. The van der Waals surface area contributed by atoms with Crippen molar-refractivity contribution in [1.29, 1.82) is 0 Å². The third-order valence-electron chi connectivity index (χ3n) is 1.51. The van der Waals surface area contributed by atoms with Gasteiger partial charge in [0.15, 0.2) is 0 Å². The fourth-order valence-corrected chi connectivity index (χ4v) is 1.00. The topological polar surface area (TPSA) is 98.2 Å². The molecule has 0 fully saturated rings. The number of carbonyl (C=O) groups is 2. The van der Waals surface area contributed by atoms with Crippen molar-refractivity contribution in [2.24, 2.45) is 11.5 Å². The Balaban J connectivity index is 3.32. The molecule has 80 valence electrons. The molecule has 0 bridgehead atoms. The van der Waals surface area contributed by atoms with Gasteiger partial charge in [-0.05, 0) is 12.8 Å². The Bertz CT molecular complexity index is 231. The summed E-state index contributed by atoms with van der Waals surface area (Å²) in [6.45, 7) is 0.523. The van der Waals surface area contributed by atoms with Crippen molar-refractivity contribution in [2.45, 2.75) is 25.7 Å². The van der Waals surface area contributed by atoms with Gasteiger partial charge in [-0.3, -0.25) is 9.59 Å². The van der Waals surface area contributed by atoms with Crippen LogP contribution in [0.15, 0.2) is 0 Å². The van der Waals surface area contributed by atoms with Gasteiger partial charge in [-0.1, -0.05) is 12.2 Å². The van der Waals surface area contributed by atoms with Crippen LogP contribution in [0.4, 0.5) is 0 Å². The lowest BCUT2D eigenvalue weighted by atomic mass is 10.2. The Morgan fingerprint density at radius 1 is 1.21 bits per heavy atom. The predicted molar refractivity (Wildman–Crippen MR) is 57.5 cm³/mol. The molecule has 5 N–H and O–H groups in total. The van der Waals surface area contributed by atoms with Crippen LogP contribution in [-0.4, -0.2) is 23.3 Å². The summed E-state index contributed by atoms with van der Waals surface area (Å²) in [6.07, 6.45) is 1.84. The van der Waals surface area contributed by atoms with E-state index in [1.54, 1.807) is 0 Å². The van der Waals surface area contributed by atoms with Crippen molar-refractivity contribution >= 4 is 29.0 Å². The minimum Gasteiger partial charge on any atom is -0.393 e. The van der Waals surface area contributed by atoms with Crippen LogP contribution in [-0.2, 0) is 9.59 Å². The quantitative estimate of drug-likeness (QED) is 0.393. The number of thiocarbonyl (C=S) groups is 1. The molecule has 0 unspecified atom stereocenters. The number of nitrogens with one attached hydrogen (secondary N) is 1. The van der Waals surface area contributed by atoms with Crippen LogP contribution in [0.3, 0.4) is 0 Å². The van der Waals surface area contributed by atoms with Gasteiger partial charge in [-0.2, -0.15) is 0 Å². The van der Waals surface area contributed by atoms with Gasteiger partial charge >= 0.3 is 0 Å². The Morgan fingerprint density at radius 2 is 1.86 bits per heavy atom. The van der Waals surface area contributed by atoms with Gasteiger partial charge in [0.1, 0.15) is 0 Å². The first kappa shape index (κ1) is 12.8. The Kier molecular flexibility index (Phi) is 6.65. The molecule has 0 saturated heterocycles. The highest BCUT2D eigenvalue weighted by molar-refractivity contribution is 7.80. The molecule has 5 nitrogen and oxygen atoms in total. The van der Waals surface area contributed by atoms with Gasteiger partial charge in [0.05, 0.1) is 11.4 Å². The molecule has 0 aliphatic rings. The molecule has 0 heterocycles. The molecule has 0 atom stereocenters. The van der Waals surface area contributed by atoms with Crippen LogP contribution in [0.25, 0.3) is 0 Å². The number of hydrogen-bond acceptors (Lipinski definition) is 3. The summed E-state index contributed by atoms with van der Waals surface area (Å²) in [4.78, 5) is 21.5. The molecule has 0 spiro atoms. The molecular formula is C8H15N3O2S. The molecule has 0 saturated carbocycles. The number of amides is 2. The molecule has 6 heteroatoms. The van der Waals surface area contributed by atoms with E-state index in [1.807, 2.05) is 0 Å². The maximum absolute atomic E-state index is 11.0. The zero-order valence-electron chi connectivity index (χ0n) is 7.91. The lowest BCUT2D eigenvalue weighted by molar-refractivity contribution is -0.119. The molecule has 0 aromatic rings. The van der Waals surface area contributed by atoms with Crippen molar-refractivity contribution in [3.63, 3.8) is 0 Å². The normalized spacial score (nSPS) is 9.43. The lowest BCUT2D eigenvalue weighted by Gasteiger charge is -2.03. The maximum atomic E-state index is 11.0.